The summed E-state index contributed by atoms with van der Waals surface area (Å²) in [5, 5.41) is 5.03. The highest BCUT2D eigenvalue weighted by molar-refractivity contribution is 7.89. The van der Waals surface area contributed by atoms with Crippen LogP contribution in [-0.4, -0.2) is 57.0 Å². The maximum Gasteiger partial charge on any atom is 0.309 e. The molecular weight excluding hydrogens is 406 g/mol. The third-order valence-corrected chi connectivity index (χ3v) is 6.59. The van der Waals surface area contributed by atoms with Crippen molar-refractivity contribution in [2.45, 2.75) is 24.0 Å². The van der Waals surface area contributed by atoms with Gasteiger partial charge < -0.3 is 15.4 Å². The molecule has 2 amide bonds. The molecular formula is C21H25N3O5S. The smallest absolute Gasteiger partial charge is 0.309 e. The molecule has 2 N–H and O–H groups in total. The Balaban J connectivity index is 1.52. The van der Waals surface area contributed by atoms with Crippen LogP contribution in [0, 0.1) is 0 Å². The lowest BCUT2D eigenvalue weighted by Crippen LogP contribution is -2.53. The van der Waals surface area contributed by atoms with Gasteiger partial charge in [-0.3, -0.25) is 9.59 Å². The summed E-state index contributed by atoms with van der Waals surface area (Å²) in [5.41, 5.74) is 1.05. The molecule has 3 rings (SSSR count). The van der Waals surface area contributed by atoms with E-state index in [0.717, 1.165) is 5.56 Å². The van der Waals surface area contributed by atoms with Gasteiger partial charge in [0.1, 0.15) is 6.23 Å². The van der Waals surface area contributed by atoms with Crippen molar-refractivity contribution in [1.82, 2.24) is 14.9 Å². The highest BCUT2D eigenvalue weighted by atomic mass is 32.2. The Labute approximate surface area is 176 Å². The number of hydrogen-bond donors (Lipinski definition) is 2. The number of amides is 2. The third kappa shape index (κ3) is 5.65. The van der Waals surface area contributed by atoms with E-state index < -0.39 is 28.1 Å². The van der Waals surface area contributed by atoms with Gasteiger partial charge in [-0.25, -0.2) is 8.42 Å². The van der Waals surface area contributed by atoms with Crippen molar-refractivity contribution >= 4 is 21.8 Å². The summed E-state index contributed by atoms with van der Waals surface area (Å²) in [7, 11) is -3.77. The van der Waals surface area contributed by atoms with Gasteiger partial charge in [-0.2, -0.15) is 4.31 Å². The normalized spacial score (nSPS) is 17.3. The van der Waals surface area contributed by atoms with Gasteiger partial charge in [-0.15, -0.1) is 0 Å². The predicted octanol–water partition coefficient (Wildman–Crippen LogP) is 0.899. The first-order valence-electron chi connectivity index (χ1n) is 9.77. The zero-order valence-electron chi connectivity index (χ0n) is 16.5. The van der Waals surface area contributed by atoms with Gasteiger partial charge in [0.05, 0.1) is 18.0 Å². The molecule has 0 bridgehead atoms. The van der Waals surface area contributed by atoms with E-state index in [9.17, 15) is 18.0 Å². The topological polar surface area (TPSA) is 105 Å². The first-order valence-corrected chi connectivity index (χ1v) is 11.2. The van der Waals surface area contributed by atoms with Gasteiger partial charge in [0.15, 0.2) is 0 Å². The molecule has 1 heterocycles. The Hall–Kier alpha value is -2.75. The van der Waals surface area contributed by atoms with Crippen molar-refractivity contribution in [2.24, 2.45) is 0 Å². The Morgan fingerprint density at radius 1 is 0.967 bits per heavy atom. The van der Waals surface area contributed by atoms with Crippen LogP contribution in [-0.2, 0) is 30.8 Å². The summed E-state index contributed by atoms with van der Waals surface area (Å²) < 4.78 is 32.6. The SMILES string of the molecule is O=C(NCCc1ccccc1)C(=O)NCC1OCCCN1S(=O)(=O)c1ccccc1. The number of nitrogens with one attached hydrogen (secondary N) is 2. The number of rotatable bonds is 7. The number of carbonyl (C=O) groups is 2. The van der Waals surface area contributed by atoms with Crippen molar-refractivity contribution in [1.29, 1.82) is 0 Å². The Morgan fingerprint density at radius 2 is 1.60 bits per heavy atom. The molecule has 0 spiro atoms. The number of carbonyl (C=O) groups excluding carboxylic acids is 2. The number of hydrogen-bond acceptors (Lipinski definition) is 5. The zero-order valence-corrected chi connectivity index (χ0v) is 17.3. The van der Waals surface area contributed by atoms with Crippen LogP contribution in [0.2, 0.25) is 0 Å². The molecule has 2 aromatic rings. The molecule has 9 heteroatoms. The number of benzene rings is 2. The van der Waals surface area contributed by atoms with E-state index in [0.29, 0.717) is 26.0 Å². The van der Waals surface area contributed by atoms with E-state index >= 15 is 0 Å². The van der Waals surface area contributed by atoms with Gasteiger partial charge in [0.25, 0.3) is 0 Å². The summed E-state index contributed by atoms with van der Waals surface area (Å²) in [6.45, 7) is 0.868. The fraction of sp³-hybridized carbons (Fsp3) is 0.333. The predicted molar refractivity (Wildman–Crippen MR) is 111 cm³/mol. The van der Waals surface area contributed by atoms with E-state index in [1.54, 1.807) is 18.2 Å². The minimum absolute atomic E-state index is 0.114. The second kappa shape index (κ2) is 10.3. The molecule has 1 atom stereocenters. The maximum atomic E-state index is 12.9. The summed E-state index contributed by atoms with van der Waals surface area (Å²) in [6, 6.07) is 17.7. The largest absolute Gasteiger partial charge is 0.360 e. The van der Waals surface area contributed by atoms with Gasteiger partial charge >= 0.3 is 11.8 Å². The van der Waals surface area contributed by atoms with Crippen LogP contribution in [0.3, 0.4) is 0 Å². The molecule has 2 aromatic carbocycles. The second-order valence-corrected chi connectivity index (χ2v) is 8.70. The summed E-state index contributed by atoms with van der Waals surface area (Å²) in [6.07, 6.45) is 0.288. The standard InChI is InChI=1S/C21H25N3O5S/c25-20(22-13-12-17-8-3-1-4-9-17)21(26)23-16-19-24(14-7-15-29-19)30(27,28)18-10-5-2-6-11-18/h1-6,8-11,19H,7,12-16H2,(H,22,25)(H,23,26). The first-order chi connectivity index (χ1) is 14.5. The highest BCUT2D eigenvalue weighted by Gasteiger charge is 2.34. The molecule has 0 aliphatic carbocycles. The Kier molecular flexibility index (Phi) is 7.56. The number of ether oxygens (including phenoxy) is 1. The first kappa shape index (κ1) is 21.9. The second-order valence-electron chi connectivity index (χ2n) is 6.81. The van der Waals surface area contributed by atoms with Crippen molar-refractivity contribution in [2.75, 3.05) is 26.2 Å². The van der Waals surface area contributed by atoms with Crippen LogP contribution >= 0.6 is 0 Å². The summed E-state index contributed by atoms with van der Waals surface area (Å²) in [4.78, 5) is 24.3. The van der Waals surface area contributed by atoms with E-state index in [4.69, 9.17) is 4.74 Å². The van der Waals surface area contributed by atoms with Gasteiger partial charge in [0, 0.05) is 13.1 Å². The lowest BCUT2D eigenvalue weighted by molar-refractivity contribution is -0.140. The maximum absolute atomic E-state index is 12.9. The van der Waals surface area contributed by atoms with E-state index in [2.05, 4.69) is 10.6 Å². The Bertz CT molecular complexity index is 951. The fourth-order valence-corrected chi connectivity index (χ4v) is 4.72. The van der Waals surface area contributed by atoms with Crippen LogP contribution in [0.5, 0.6) is 0 Å². The molecule has 0 aromatic heterocycles. The molecule has 1 aliphatic heterocycles. The lowest BCUT2D eigenvalue weighted by Gasteiger charge is -2.34. The minimum Gasteiger partial charge on any atom is -0.360 e. The average Bonchev–Trinajstić information content (AvgIpc) is 2.79. The minimum atomic E-state index is -3.77. The zero-order chi connectivity index (χ0) is 21.4. The van der Waals surface area contributed by atoms with Crippen LogP contribution in [0.25, 0.3) is 0 Å². The fourth-order valence-electron chi connectivity index (χ4n) is 3.14. The molecule has 160 valence electrons. The van der Waals surface area contributed by atoms with E-state index in [-0.39, 0.29) is 18.0 Å². The molecule has 30 heavy (non-hydrogen) atoms. The van der Waals surface area contributed by atoms with E-state index in [1.807, 2.05) is 30.3 Å². The monoisotopic (exact) mass is 431 g/mol. The molecule has 0 saturated carbocycles. The number of nitrogens with zero attached hydrogens (tertiary/aromatic N) is 1. The quantitative estimate of drug-likeness (QED) is 0.634. The lowest BCUT2D eigenvalue weighted by atomic mass is 10.1. The van der Waals surface area contributed by atoms with Gasteiger partial charge in [-0.05, 0) is 30.5 Å². The molecule has 8 nitrogen and oxygen atoms in total. The summed E-state index contributed by atoms with van der Waals surface area (Å²) in [5.74, 6) is -1.59. The average molecular weight is 432 g/mol. The van der Waals surface area contributed by atoms with Gasteiger partial charge in [0.2, 0.25) is 10.0 Å². The number of sulfonamides is 1. The molecule has 1 fully saturated rings. The van der Waals surface area contributed by atoms with Crippen molar-refractivity contribution in [3.05, 3.63) is 66.2 Å². The van der Waals surface area contributed by atoms with E-state index in [1.165, 1.54) is 16.4 Å². The van der Waals surface area contributed by atoms with Crippen LogP contribution in [0.1, 0.15) is 12.0 Å². The van der Waals surface area contributed by atoms with Crippen molar-refractivity contribution in [3.63, 3.8) is 0 Å². The molecule has 0 radical (unpaired) electrons. The molecule has 1 saturated heterocycles. The van der Waals surface area contributed by atoms with Gasteiger partial charge in [-0.1, -0.05) is 48.5 Å². The van der Waals surface area contributed by atoms with Crippen molar-refractivity contribution in [3.8, 4) is 0 Å². The van der Waals surface area contributed by atoms with Crippen LogP contribution < -0.4 is 10.6 Å². The van der Waals surface area contributed by atoms with Crippen LogP contribution in [0.15, 0.2) is 65.6 Å². The molecule has 1 aliphatic rings. The highest BCUT2D eigenvalue weighted by Crippen LogP contribution is 2.21. The molecule has 1 unspecified atom stereocenters. The third-order valence-electron chi connectivity index (χ3n) is 4.69. The summed E-state index contributed by atoms with van der Waals surface area (Å²) >= 11 is 0. The van der Waals surface area contributed by atoms with Crippen LogP contribution in [0.4, 0.5) is 0 Å². The van der Waals surface area contributed by atoms with Crippen molar-refractivity contribution < 1.29 is 22.7 Å². The Morgan fingerprint density at radius 3 is 2.30 bits per heavy atom.